The SMILES string of the molecule is CCCCNC(=O)C1CCCN(C(=O)CN2C(=O)NC3(CCCCC3)C2=O)C1. The number of likely N-dealkylation sites (tertiary alicyclic amines) is 1. The number of hydrogen-bond acceptors (Lipinski definition) is 4. The molecule has 1 aliphatic carbocycles. The van der Waals surface area contributed by atoms with E-state index in [9.17, 15) is 19.2 Å². The van der Waals surface area contributed by atoms with Crippen molar-refractivity contribution in [3.63, 3.8) is 0 Å². The van der Waals surface area contributed by atoms with E-state index >= 15 is 0 Å². The van der Waals surface area contributed by atoms with E-state index in [1.807, 2.05) is 0 Å². The Bertz CT molecular complexity index is 630. The number of carbonyl (C=O) groups is 4. The molecule has 0 radical (unpaired) electrons. The molecule has 1 saturated carbocycles. The van der Waals surface area contributed by atoms with E-state index < -0.39 is 11.6 Å². The number of nitrogens with one attached hydrogen (secondary N) is 2. The second-order valence-corrected chi connectivity index (χ2v) is 8.29. The molecule has 8 nitrogen and oxygen atoms in total. The van der Waals surface area contributed by atoms with Gasteiger partial charge in [-0.15, -0.1) is 0 Å². The average Bonchev–Trinajstić information content (AvgIpc) is 2.92. The normalized spacial score (nSPS) is 24.4. The number of hydrogen-bond donors (Lipinski definition) is 2. The van der Waals surface area contributed by atoms with Gasteiger partial charge in [-0.25, -0.2) is 4.79 Å². The summed E-state index contributed by atoms with van der Waals surface area (Å²) >= 11 is 0. The highest BCUT2D eigenvalue weighted by Gasteiger charge is 2.51. The lowest BCUT2D eigenvalue weighted by molar-refractivity contribution is -0.141. The standard InChI is InChI=1S/C20H32N4O4/c1-2-3-11-21-17(26)15-8-7-12-23(13-15)16(25)14-24-18(27)20(22-19(24)28)9-5-4-6-10-20/h15H,2-14H2,1H3,(H,21,26)(H,22,28). The molecule has 0 aromatic rings. The van der Waals surface area contributed by atoms with Crippen molar-refractivity contribution in [1.29, 1.82) is 0 Å². The van der Waals surface area contributed by atoms with E-state index in [4.69, 9.17) is 0 Å². The summed E-state index contributed by atoms with van der Waals surface area (Å²) in [6.45, 7) is 3.40. The maximum absolute atomic E-state index is 12.8. The highest BCUT2D eigenvalue weighted by Crippen LogP contribution is 2.33. The molecular formula is C20H32N4O4. The average molecular weight is 393 g/mol. The topological polar surface area (TPSA) is 98.8 Å². The van der Waals surface area contributed by atoms with Gasteiger partial charge in [0.1, 0.15) is 12.1 Å². The molecule has 2 heterocycles. The predicted molar refractivity (Wildman–Crippen MR) is 103 cm³/mol. The molecule has 3 fully saturated rings. The number of carbonyl (C=O) groups excluding carboxylic acids is 4. The van der Waals surface area contributed by atoms with Gasteiger partial charge in [-0.3, -0.25) is 19.3 Å². The van der Waals surface area contributed by atoms with Gasteiger partial charge in [-0.1, -0.05) is 32.6 Å². The summed E-state index contributed by atoms with van der Waals surface area (Å²) in [5, 5.41) is 5.77. The molecular weight excluding hydrogens is 360 g/mol. The fraction of sp³-hybridized carbons (Fsp3) is 0.800. The van der Waals surface area contributed by atoms with Crippen LogP contribution in [0.2, 0.25) is 0 Å². The summed E-state index contributed by atoms with van der Waals surface area (Å²) in [7, 11) is 0. The maximum atomic E-state index is 12.8. The van der Waals surface area contributed by atoms with Crippen molar-refractivity contribution in [2.45, 2.75) is 70.3 Å². The van der Waals surface area contributed by atoms with Crippen LogP contribution in [0.25, 0.3) is 0 Å². The van der Waals surface area contributed by atoms with E-state index in [0.29, 0.717) is 32.5 Å². The van der Waals surface area contributed by atoms with Crippen LogP contribution in [0.5, 0.6) is 0 Å². The molecule has 2 N–H and O–H groups in total. The zero-order valence-electron chi connectivity index (χ0n) is 16.8. The Morgan fingerprint density at radius 3 is 2.64 bits per heavy atom. The first-order chi connectivity index (χ1) is 13.5. The summed E-state index contributed by atoms with van der Waals surface area (Å²) in [5.41, 5.74) is -0.806. The molecule has 5 amide bonds. The Hall–Kier alpha value is -2.12. The number of unbranched alkanes of at least 4 members (excludes halogenated alkanes) is 1. The van der Waals surface area contributed by atoms with E-state index in [2.05, 4.69) is 17.6 Å². The van der Waals surface area contributed by atoms with Crippen LogP contribution < -0.4 is 10.6 Å². The molecule has 1 unspecified atom stereocenters. The summed E-state index contributed by atoms with van der Waals surface area (Å²) in [4.78, 5) is 53.0. The largest absolute Gasteiger partial charge is 0.356 e. The lowest BCUT2D eigenvalue weighted by Gasteiger charge is -2.33. The maximum Gasteiger partial charge on any atom is 0.325 e. The predicted octanol–water partition coefficient (Wildman–Crippen LogP) is 1.40. The molecule has 0 aromatic carbocycles. The fourth-order valence-corrected chi connectivity index (χ4v) is 4.50. The molecule has 156 valence electrons. The number of piperidine rings is 1. The van der Waals surface area contributed by atoms with Crippen molar-refractivity contribution >= 4 is 23.8 Å². The van der Waals surface area contributed by atoms with Crippen LogP contribution in [0.1, 0.15) is 64.7 Å². The minimum Gasteiger partial charge on any atom is -0.356 e. The van der Waals surface area contributed by atoms with Gasteiger partial charge in [-0.05, 0) is 32.1 Å². The third-order valence-corrected chi connectivity index (χ3v) is 6.22. The number of imide groups is 1. The number of rotatable bonds is 6. The highest BCUT2D eigenvalue weighted by molar-refractivity contribution is 6.09. The molecule has 0 bridgehead atoms. The molecule has 1 atom stereocenters. The Morgan fingerprint density at radius 1 is 1.18 bits per heavy atom. The van der Waals surface area contributed by atoms with Crippen LogP contribution in [0, 0.1) is 5.92 Å². The first-order valence-electron chi connectivity index (χ1n) is 10.7. The third-order valence-electron chi connectivity index (χ3n) is 6.22. The molecule has 2 aliphatic heterocycles. The minimum atomic E-state index is -0.806. The zero-order valence-corrected chi connectivity index (χ0v) is 16.8. The molecule has 8 heteroatoms. The smallest absolute Gasteiger partial charge is 0.325 e. The van der Waals surface area contributed by atoms with Gasteiger partial charge in [0.2, 0.25) is 11.8 Å². The van der Waals surface area contributed by atoms with Gasteiger partial charge in [0.05, 0.1) is 5.92 Å². The Balaban J connectivity index is 1.56. The van der Waals surface area contributed by atoms with Gasteiger partial charge in [0, 0.05) is 19.6 Å². The molecule has 1 spiro atoms. The van der Waals surface area contributed by atoms with Crippen molar-refractivity contribution in [3.8, 4) is 0 Å². The first kappa shape index (κ1) is 20.6. The third kappa shape index (κ3) is 4.31. The zero-order chi connectivity index (χ0) is 20.1. The number of urea groups is 1. The molecule has 0 aromatic heterocycles. The van der Waals surface area contributed by atoms with E-state index in [-0.39, 0.29) is 30.2 Å². The highest BCUT2D eigenvalue weighted by atomic mass is 16.2. The molecule has 3 rings (SSSR count). The van der Waals surface area contributed by atoms with E-state index in [0.717, 1.165) is 49.8 Å². The van der Waals surface area contributed by atoms with Crippen molar-refractivity contribution in [1.82, 2.24) is 20.4 Å². The molecule has 2 saturated heterocycles. The summed E-state index contributed by atoms with van der Waals surface area (Å²) in [6.07, 6.45) is 7.65. The Morgan fingerprint density at radius 2 is 1.93 bits per heavy atom. The summed E-state index contributed by atoms with van der Waals surface area (Å²) in [5.74, 6) is -0.761. The summed E-state index contributed by atoms with van der Waals surface area (Å²) < 4.78 is 0. The Labute approximate surface area is 166 Å². The second kappa shape index (κ2) is 8.92. The van der Waals surface area contributed by atoms with Gasteiger partial charge < -0.3 is 15.5 Å². The van der Waals surface area contributed by atoms with Crippen molar-refractivity contribution < 1.29 is 19.2 Å². The van der Waals surface area contributed by atoms with Gasteiger partial charge in [-0.2, -0.15) is 0 Å². The van der Waals surface area contributed by atoms with Crippen LogP contribution in [0.3, 0.4) is 0 Å². The fourth-order valence-electron chi connectivity index (χ4n) is 4.50. The van der Waals surface area contributed by atoms with E-state index in [1.165, 1.54) is 0 Å². The van der Waals surface area contributed by atoms with Crippen LogP contribution in [-0.2, 0) is 14.4 Å². The quantitative estimate of drug-likeness (QED) is 0.527. The second-order valence-electron chi connectivity index (χ2n) is 8.29. The van der Waals surface area contributed by atoms with Crippen LogP contribution in [0.4, 0.5) is 4.79 Å². The van der Waals surface area contributed by atoms with Gasteiger partial charge in [0.25, 0.3) is 5.91 Å². The lowest BCUT2D eigenvalue weighted by Crippen LogP contribution is -2.50. The van der Waals surface area contributed by atoms with Crippen molar-refractivity contribution in [2.75, 3.05) is 26.2 Å². The van der Waals surface area contributed by atoms with Crippen molar-refractivity contribution in [3.05, 3.63) is 0 Å². The minimum absolute atomic E-state index is 0.0119. The Kier molecular flexibility index (Phi) is 6.57. The number of nitrogens with zero attached hydrogens (tertiary/aromatic N) is 2. The lowest BCUT2D eigenvalue weighted by atomic mass is 9.82. The molecule has 3 aliphatic rings. The first-order valence-corrected chi connectivity index (χ1v) is 10.7. The van der Waals surface area contributed by atoms with Crippen molar-refractivity contribution in [2.24, 2.45) is 5.92 Å². The van der Waals surface area contributed by atoms with Crippen LogP contribution >= 0.6 is 0 Å². The van der Waals surface area contributed by atoms with Crippen LogP contribution in [0.15, 0.2) is 0 Å². The van der Waals surface area contributed by atoms with Crippen LogP contribution in [-0.4, -0.2) is 65.3 Å². The monoisotopic (exact) mass is 392 g/mol. The van der Waals surface area contributed by atoms with Gasteiger partial charge >= 0.3 is 6.03 Å². The summed E-state index contributed by atoms with van der Waals surface area (Å²) in [6, 6.07) is -0.467. The van der Waals surface area contributed by atoms with E-state index in [1.54, 1.807) is 4.90 Å². The van der Waals surface area contributed by atoms with Gasteiger partial charge in [0.15, 0.2) is 0 Å². The molecule has 28 heavy (non-hydrogen) atoms. The number of amides is 5.